The standard InChI is InChI=1S/C15H14ClFN2O2/c1-3-21-11-4-5-13(9(2)6-11)19-15(20)12-7-10(17)8-18-14(12)16/h4-8H,3H2,1-2H3,(H,19,20). The fourth-order valence-electron chi connectivity index (χ4n) is 1.80. The van der Waals surface area contributed by atoms with E-state index in [1.54, 1.807) is 12.1 Å². The van der Waals surface area contributed by atoms with E-state index in [1.165, 1.54) is 0 Å². The van der Waals surface area contributed by atoms with Crippen molar-refractivity contribution < 1.29 is 13.9 Å². The minimum Gasteiger partial charge on any atom is -0.494 e. The van der Waals surface area contributed by atoms with Crippen LogP contribution in [0.4, 0.5) is 10.1 Å². The Kier molecular flexibility index (Phi) is 4.75. The maximum atomic E-state index is 13.1. The van der Waals surface area contributed by atoms with Gasteiger partial charge in [0.1, 0.15) is 16.7 Å². The molecule has 4 nitrogen and oxygen atoms in total. The Hall–Kier alpha value is -2.14. The Morgan fingerprint density at radius 3 is 2.86 bits per heavy atom. The van der Waals surface area contributed by atoms with Gasteiger partial charge in [0.15, 0.2) is 0 Å². The summed E-state index contributed by atoms with van der Waals surface area (Å²) in [6.07, 6.45) is 0.960. The molecule has 1 amide bonds. The van der Waals surface area contributed by atoms with E-state index in [1.807, 2.05) is 19.9 Å². The van der Waals surface area contributed by atoms with Gasteiger partial charge < -0.3 is 10.1 Å². The Labute approximate surface area is 126 Å². The lowest BCUT2D eigenvalue weighted by Gasteiger charge is -2.11. The number of nitrogens with zero attached hydrogens (tertiary/aromatic N) is 1. The quantitative estimate of drug-likeness (QED) is 0.873. The molecule has 0 spiro atoms. The molecule has 110 valence electrons. The lowest BCUT2D eigenvalue weighted by molar-refractivity contribution is 0.102. The number of carbonyl (C=O) groups is 1. The SMILES string of the molecule is CCOc1ccc(NC(=O)c2cc(F)cnc2Cl)c(C)c1. The first-order valence-electron chi connectivity index (χ1n) is 6.37. The molecule has 1 aromatic heterocycles. The largest absolute Gasteiger partial charge is 0.494 e. The summed E-state index contributed by atoms with van der Waals surface area (Å²) < 4.78 is 18.5. The highest BCUT2D eigenvalue weighted by Gasteiger charge is 2.14. The number of carbonyl (C=O) groups excluding carboxylic acids is 1. The Bertz CT molecular complexity index is 677. The van der Waals surface area contributed by atoms with E-state index in [-0.39, 0.29) is 10.7 Å². The van der Waals surface area contributed by atoms with Gasteiger partial charge in [0.2, 0.25) is 0 Å². The van der Waals surface area contributed by atoms with Crippen molar-refractivity contribution >= 4 is 23.2 Å². The summed E-state index contributed by atoms with van der Waals surface area (Å²) in [4.78, 5) is 15.7. The molecule has 1 heterocycles. The third-order valence-electron chi connectivity index (χ3n) is 2.81. The van der Waals surface area contributed by atoms with Crippen LogP contribution in [0, 0.1) is 12.7 Å². The molecule has 2 aromatic rings. The van der Waals surface area contributed by atoms with Crippen LogP contribution in [0.5, 0.6) is 5.75 Å². The second kappa shape index (κ2) is 6.54. The number of aromatic nitrogens is 1. The fraction of sp³-hybridized carbons (Fsp3) is 0.200. The highest BCUT2D eigenvalue weighted by molar-refractivity contribution is 6.33. The van der Waals surface area contributed by atoms with Crippen molar-refractivity contribution in [1.29, 1.82) is 0 Å². The van der Waals surface area contributed by atoms with E-state index in [0.717, 1.165) is 23.6 Å². The zero-order valence-corrected chi connectivity index (χ0v) is 12.4. The summed E-state index contributed by atoms with van der Waals surface area (Å²) in [5, 5.41) is 2.63. The summed E-state index contributed by atoms with van der Waals surface area (Å²) in [5.74, 6) is -0.411. The number of rotatable bonds is 4. The molecule has 0 aliphatic carbocycles. The first kappa shape index (κ1) is 15.3. The maximum Gasteiger partial charge on any atom is 0.258 e. The molecule has 0 aliphatic heterocycles. The third-order valence-corrected chi connectivity index (χ3v) is 3.11. The normalized spacial score (nSPS) is 10.3. The van der Waals surface area contributed by atoms with Crippen LogP contribution < -0.4 is 10.1 Å². The Morgan fingerprint density at radius 2 is 2.19 bits per heavy atom. The molecule has 6 heteroatoms. The summed E-state index contributed by atoms with van der Waals surface area (Å²) in [6, 6.07) is 6.33. The Balaban J connectivity index is 2.21. The van der Waals surface area contributed by atoms with E-state index in [0.29, 0.717) is 12.3 Å². The molecule has 0 aliphatic rings. The lowest BCUT2D eigenvalue weighted by Crippen LogP contribution is -2.14. The zero-order valence-electron chi connectivity index (χ0n) is 11.6. The van der Waals surface area contributed by atoms with E-state index in [2.05, 4.69) is 10.3 Å². The summed E-state index contributed by atoms with van der Waals surface area (Å²) >= 11 is 5.80. The van der Waals surface area contributed by atoms with Crippen molar-refractivity contribution in [3.8, 4) is 5.75 Å². The minimum atomic E-state index is -0.618. The number of hydrogen-bond donors (Lipinski definition) is 1. The van der Waals surface area contributed by atoms with Crippen molar-refractivity contribution in [1.82, 2.24) is 4.98 Å². The number of aryl methyl sites for hydroxylation is 1. The molecule has 0 unspecified atom stereocenters. The predicted molar refractivity (Wildman–Crippen MR) is 79.5 cm³/mol. The molecule has 21 heavy (non-hydrogen) atoms. The monoisotopic (exact) mass is 308 g/mol. The Morgan fingerprint density at radius 1 is 1.43 bits per heavy atom. The maximum absolute atomic E-state index is 13.1. The van der Waals surface area contributed by atoms with Gasteiger partial charge in [-0.15, -0.1) is 0 Å². The van der Waals surface area contributed by atoms with E-state index < -0.39 is 11.7 Å². The van der Waals surface area contributed by atoms with Gasteiger partial charge in [-0.25, -0.2) is 9.37 Å². The number of halogens is 2. The molecular formula is C15H14ClFN2O2. The second-order valence-electron chi connectivity index (χ2n) is 4.36. The predicted octanol–water partition coefficient (Wildman–Crippen LogP) is 3.83. The number of anilines is 1. The van der Waals surface area contributed by atoms with Crippen molar-refractivity contribution in [3.05, 3.63) is 52.6 Å². The van der Waals surface area contributed by atoms with E-state index in [9.17, 15) is 9.18 Å². The van der Waals surface area contributed by atoms with Gasteiger partial charge >= 0.3 is 0 Å². The molecule has 0 atom stereocenters. The van der Waals surface area contributed by atoms with Crippen molar-refractivity contribution in [2.75, 3.05) is 11.9 Å². The van der Waals surface area contributed by atoms with Crippen molar-refractivity contribution in [3.63, 3.8) is 0 Å². The van der Waals surface area contributed by atoms with Crippen LogP contribution in [0.2, 0.25) is 5.15 Å². The van der Waals surface area contributed by atoms with Crippen LogP contribution >= 0.6 is 11.6 Å². The second-order valence-corrected chi connectivity index (χ2v) is 4.71. The van der Waals surface area contributed by atoms with Crippen LogP contribution in [0.1, 0.15) is 22.8 Å². The molecule has 0 saturated heterocycles. The van der Waals surface area contributed by atoms with Crippen molar-refractivity contribution in [2.45, 2.75) is 13.8 Å². The first-order valence-corrected chi connectivity index (χ1v) is 6.75. The number of nitrogens with one attached hydrogen (secondary N) is 1. The van der Waals surface area contributed by atoms with Gasteiger partial charge in [-0.05, 0) is 43.7 Å². The molecule has 2 rings (SSSR count). The number of benzene rings is 1. The highest BCUT2D eigenvalue weighted by Crippen LogP contribution is 2.23. The van der Waals surface area contributed by atoms with Gasteiger partial charge in [-0.2, -0.15) is 0 Å². The average molecular weight is 309 g/mol. The van der Waals surface area contributed by atoms with Gasteiger partial charge in [0.25, 0.3) is 5.91 Å². The minimum absolute atomic E-state index is 0.00930. The number of pyridine rings is 1. The topological polar surface area (TPSA) is 51.2 Å². The van der Waals surface area contributed by atoms with Gasteiger partial charge in [0, 0.05) is 5.69 Å². The van der Waals surface area contributed by atoms with Crippen LogP contribution in [0.25, 0.3) is 0 Å². The molecule has 0 saturated carbocycles. The molecule has 0 fully saturated rings. The number of ether oxygens (including phenoxy) is 1. The average Bonchev–Trinajstić information content (AvgIpc) is 2.44. The molecule has 1 aromatic carbocycles. The lowest BCUT2D eigenvalue weighted by atomic mass is 10.1. The smallest absolute Gasteiger partial charge is 0.258 e. The van der Waals surface area contributed by atoms with Crippen LogP contribution in [0.3, 0.4) is 0 Å². The highest BCUT2D eigenvalue weighted by atomic mass is 35.5. The van der Waals surface area contributed by atoms with Gasteiger partial charge in [0.05, 0.1) is 18.4 Å². The number of hydrogen-bond acceptors (Lipinski definition) is 3. The van der Waals surface area contributed by atoms with E-state index in [4.69, 9.17) is 16.3 Å². The van der Waals surface area contributed by atoms with Gasteiger partial charge in [-0.1, -0.05) is 11.6 Å². The van der Waals surface area contributed by atoms with Crippen LogP contribution in [-0.2, 0) is 0 Å². The molecular weight excluding hydrogens is 295 g/mol. The van der Waals surface area contributed by atoms with Crippen LogP contribution in [-0.4, -0.2) is 17.5 Å². The van der Waals surface area contributed by atoms with Crippen molar-refractivity contribution in [2.24, 2.45) is 0 Å². The van der Waals surface area contributed by atoms with Crippen LogP contribution in [0.15, 0.2) is 30.5 Å². The first-order chi connectivity index (χ1) is 10.0. The van der Waals surface area contributed by atoms with E-state index >= 15 is 0 Å². The fourth-order valence-corrected chi connectivity index (χ4v) is 1.99. The summed E-state index contributed by atoms with van der Waals surface area (Å²) in [6.45, 7) is 4.29. The molecule has 0 radical (unpaired) electrons. The summed E-state index contributed by atoms with van der Waals surface area (Å²) in [7, 11) is 0. The summed E-state index contributed by atoms with van der Waals surface area (Å²) in [5.41, 5.74) is 1.42. The number of amides is 1. The molecule has 1 N–H and O–H groups in total. The molecule has 0 bridgehead atoms. The zero-order chi connectivity index (χ0) is 15.4. The van der Waals surface area contributed by atoms with Gasteiger partial charge in [-0.3, -0.25) is 4.79 Å². The third kappa shape index (κ3) is 3.70.